The number of hydrogen-bond acceptors (Lipinski definition) is 2. The molecule has 2 nitrogen and oxygen atoms in total. The Balaban J connectivity index is 3.15. The van der Waals surface area contributed by atoms with E-state index in [4.69, 9.17) is 5.73 Å². The molecule has 0 spiro atoms. The third-order valence-corrected chi connectivity index (χ3v) is 2.84. The lowest BCUT2D eigenvalue weighted by molar-refractivity contribution is 0.424. The van der Waals surface area contributed by atoms with E-state index in [-0.39, 0.29) is 15.8 Å². The largest absolute Gasteiger partial charge is 0.506 e. The molecule has 5 heteroatoms. The van der Waals surface area contributed by atoms with E-state index in [1.165, 1.54) is 0 Å². The summed E-state index contributed by atoms with van der Waals surface area (Å²) < 4.78 is 26.7. The molecule has 0 radical (unpaired) electrons. The van der Waals surface area contributed by atoms with Crippen LogP contribution in [0.25, 0.3) is 0 Å². The zero-order valence-electron chi connectivity index (χ0n) is 8.51. The molecule has 0 aromatic heterocycles. The Morgan fingerprint density at radius 2 is 2.19 bits per heavy atom. The molecule has 0 bridgehead atoms. The Morgan fingerprint density at radius 1 is 1.56 bits per heavy atom. The van der Waals surface area contributed by atoms with Crippen LogP contribution in [0.5, 0.6) is 5.75 Å². The number of hydrogen-bond donors (Lipinski definition) is 2. The molecule has 16 heavy (non-hydrogen) atoms. The average Bonchev–Trinajstić information content (AvgIpc) is 2.24. The van der Waals surface area contributed by atoms with Gasteiger partial charge in [0.1, 0.15) is 5.75 Å². The Morgan fingerprint density at radius 3 is 2.75 bits per heavy atom. The molecule has 0 aliphatic heterocycles. The predicted octanol–water partition coefficient (Wildman–Crippen LogP) is 3.40. The van der Waals surface area contributed by atoms with Gasteiger partial charge in [-0.05, 0) is 34.8 Å². The highest BCUT2D eigenvalue weighted by Gasteiger charge is 2.21. The molecule has 0 heterocycles. The zero-order chi connectivity index (χ0) is 12.3. The minimum Gasteiger partial charge on any atom is -0.506 e. The second-order valence-electron chi connectivity index (χ2n) is 3.39. The van der Waals surface area contributed by atoms with Gasteiger partial charge in [0.05, 0.1) is 10.0 Å². The third kappa shape index (κ3) is 2.59. The van der Waals surface area contributed by atoms with Crippen LogP contribution in [-0.2, 0) is 0 Å². The van der Waals surface area contributed by atoms with Crippen molar-refractivity contribution in [2.75, 3.05) is 0 Å². The number of benzene rings is 1. The first-order valence-corrected chi connectivity index (χ1v) is 5.51. The molecule has 0 unspecified atom stereocenters. The first kappa shape index (κ1) is 13.1. The van der Waals surface area contributed by atoms with Crippen LogP contribution in [0.4, 0.5) is 8.78 Å². The molecule has 0 saturated carbocycles. The Labute approximate surface area is 101 Å². The summed E-state index contributed by atoms with van der Waals surface area (Å²) in [6.07, 6.45) is 2.58. The number of rotatable bonds is 4. The van der Waals surface area contributed by atoms with E-state index in [1.54, 1.807) is 6.08 Å². The maximum Gasteiger partial charge on any atom is 0.167 e. The van der Waals surface area contributed by atoms with E-state index in [0.29, 0.717) is 12.8 Å². The van der Waals surface area contributed by atoms with Crippen molar-refractivity contribution >= 4 is 15.9 Å². The van der Waals surface area contributed by atoms with Crippen LogP contribution in [0.15, 0.2) is 23.2 Å². The Kier molecular flexibility index (Phi) is 4.44. The summed E-state index contributed by atoms with van der Waals surface area (Å²) in [6.45, 7) is 3.51. The van der Waals surface area contributed by atoms with Crippen molar-refractivity contribution in [2.24, 2.45) is 5.73 Å². The van der Waals surface area contributed by atoms with Crippen LogP contribution >= 0.6 is 15.9 Å². The molecular weight excluding hydrogens is 280 g/mol. The Bertz CT molecular complexity index is 383. The zero-order valence-corrected chi connectivity index (χ0v) is 10.1. The average molecular weight is 292 g/mol. The van der Waals surface area contributed by atoms with Crippen LogP contribution in [0.2, 0.25) is 0 Å². The summed E-state index contributed by atoms with van der Waals surface area (Å²) in [5.74, 6) is -2.48. The van der Waals surface area contributed by atoms with Crippen molar-refractivity contribution in [1.82, 2.24) is 0 Å². The lowest BCUT2D eigenvalue weighted by atomic mass is 10.0. The molecule has 0 aliphatic carbocycles. The molecule has 88 valence electrons. The van der Waals surface area contributed by atoms with E-state index < -0.39 is 17.7 Å². The molecule has 0 saturated heterocycles. The smallest absolute Gasteiger partial charge is 0.167 e. The lowest BCUT2D eigenvalue weighted by Crippen LogP contribution is -2.13. The van der Waals surface area contributed by atoms with Gasteiger partial charge < -0.3 is 10.8 Å². The molecule has 0 fully saturated rings. The molecule has 3 N–H and O–H groups in total. The van der Waals surface area contributed by atoms with Gasteiger partial charge in [0.25, 0.3) is 0 Å². The molecule has 1 aromatic rings. The third-order valence-electron chi connectivity index (χ3n) is 2.23. The van der Waals surface area contributed by atoms with Crippen LogP contribution in [0, 0.1) is 11.6 Å². The number of phenols is 1. The van der Waals surface area contributed by atoms with Crippen molar-refractivity contribution in [3.63, 3.8) is 0 Å². The maximum absolute atomic E-state index is 13.5. The minimum atomic E-state index is -1.10. The summed E-state index contributed by atoms with van der Waals surface area (Å²) >= 11 is 2.94. The van der Waals surface area contributed by atoms with Crippen LogP contribution < -0.4 is 5.73 Å². The van der Waals surface area contributed by atoms with E-state index in [9.17, 15) is 13.9 Å². The molecular formula is C11H12BrF2NO. The van der Waals surface area contributed by atoms with Gasteiger partial charge in [-0.15, -0.1) is 6.58 Å². The molecule has 0 aliphatic rings. The molecule has 1 aromatic carbocycles. The minimum absolute atomic E-state index is 0.0930. The normalized spacial score (nSPS) is 12.5. The van der Waals surface area contributed by atoms with E-state index >= 15 is 0 Å². The summed E-state index contributed by atoms with van der Waals surface area (Å²) in [7, 11) is 0. The maximum atomic E-state index is 13.5. The van der Waals surface area contributed by atoms with Crippen molar-refractivity contribution in [3.8, 4) is 5.75 Å². The van der Waals surface area contributed by atoms with Gasteiger partial charge in [-0.25, -0.2) is 8.78 Å². The van der Waals surface area contributed by atoms with Gasteiger partial charge in [-0.3, -0.25) is 0 Å². The first-order valence-electron chi connectivity index (χ1n) is 4.71. The second-order valence-corrected chi connectivity index (χ2v) is 4.24. The summed E-state index contributed by atoms with van der Waals surface area (Å²) in [6, 6.07) is 0.110. The van der Waals surface area contributed by atoms with Gasteiger partial charge in [0.15, 0.2) is 11.6 Å². The van der Waals surface area contributed by atoms with Crippen LogP contribution in [0.1, 0.15) is 24.4 Å². The second kappa shape index (κ2) is 5.41. The standard InChI is InChI=1S/C11H12BrF2NO/c1-2-3-4-8(15)9-10(14)7(13)5-6(12)11(9)16/h2,5,8,16H,1,3-4,15H2/t8-/m1/s1. The fourth-order valence-corrected chi connectivity index (χ4v) is 1.80. The number of allylic oxidation sites excluding steroid dienone is 1. The van der Waals surface area contributed by atoms with Crippen molar-refractivity contribution < 1.29 is 13.9 Å². The van der Waals surface area contributed by atoms with Crippen molar-refractivity contribution in [3.05, 3.63) is 40.4 Å². The number of halogens is 3. The lowest BCUT2D eigenvalue weighted by Gasteiger charge is -2.15. The van der Waals surface area contributed by atoms with Gasteiger partial charge in [-0.2, -0.15) is 0 Å². The van der Waals surface area contributed by atoms with Gasteiger partial charge in [0, 0.05) is 6.04 Å². The number of aromatic hydroxyl groups is 1. The van der Waals surface area contributed by atoms with Crippen LogP contribution in [0.3, 0.4) is 0 Å². The molecule has 1 rings (SSSR count). The summed E-state index contributed by atoms with van der Waals surface area (Å²) in [4.78, 5) is 0. The SMILES string of the molecule is C=CCC[C@@H](N)c1c(O)c(Br)cc(F)c1F. The van der Waals surface area contributed by atoms with Gasteiger partial charge in [-0.1, -0.05) is 6.08 Å². The topological polar surface area (TPSA) is 46.2 Å². The highest BCUT2D eigenvalue weighted by Crippen LogP contribution is 2.36. The highest BCUT2D eigenvalue weighted by atomic mass is 79.9. The molecule has 1 atom stereocenters. The number of nitrogens with two attached hydrogens (primary N) is 1. The first-order chi connectivity index (χ1) is 7.49. The molecule has 0 amide bonds. The van der Waals surface area contributed by atoms with Crippen LogP contribution in [-0.4, -0.2) is 5.11 Å². The van der Waals surface area contributed by atoms with E-state index in [0.717, 1.165) is 6.07 Å². The summed E-state index contributed by atoms with van der Waals surface area (Å²) in [5.41, 5.74) is 5.48. The van der Waals surface area contributed by atoms with Crippen molar-refractivity contribution in [2.45, 2.75) is 18.9 Å². The predicted molar refractivity (Wildman–Crippen MR) is 62.1 cm³/mol. The Hall–Kier alpha value is -0.940. The quantitative estimate of drug-likeness (QED) is 0.660. The monoisotopic (exact) mass is 291 g/mol. The van der Waals surface area contributed by atoms with E-state index in [2.05, 4.69) is 22.5 Å². The highest BCUT2D eigenvalue weighted by molar-refractivity contribution is 9.10. The fourth-order valence-electron chi connectivity index (χ4n) is 1.38. The summed E-state index contributed by atoms with van der Waals surface area (Å²) in [5, 5.41) is 9.61. The fraction of sp³-hybridized carbons (Fsp3) is 0.273. The van der Waals surface area contributed by atoms with Crippen molar-refractivity contribution in [1.29, 1.82) is 0 Å². The van der Waals surface area contributed by atoms with E-state index in [1.807, 2.05) is 0 Å². The number of phenolic OH excluding ortho intramolecular Hbond substituents is 1. The van der Waals surface area contributed by atoms with Gasteiger partial charge in [0.2, 0.25) is 0 Å². The van der Waals surface area contributed by atoms with Gasteiger partial charge >= 0.3 is 0 Å².